The van der Waals surface area contributed by atoms with E-state index in [2.05, 4.69) is 29.2 Å². The van der Waals surface area contributed by atoms with E-state index in [4.69, 9.17) is 9.47 Å². The molecule has 0 aromatic heterocycles. The molecule has 3 aromatic carbocycles. The van der Waals surface area contributed by atoms with Crippen molar-refractivity contribution in [3.05, 3.63) is 107 Å². The molecule has 0 spiro atoms. The van der Waals surface area contributed by atoms with Gasteiger partial charge in [0.2, 0.25) is 0 Å². The van der Waals surface area contributed by atoms with Crippen LogP contribution in [0.2, 0.25) is 0 Å². The lowest BCUT2D eigenvalue weighted by Gasteiger charge is -2.30. The monoisotopic (exact) mass is 481 g/mol. The first-order valence-corrected chi connectivity index (χ1v) is 12.6. The maximum absolute atomic E-state index is 13.8. The number of hydrogen-bond acceptors (Lipinski definition) is 4. The van der Waals surface area contributed by atoms with E-state index < -0.39 is 0 Å². The summed E-state index contributed by atoms with van der Waals surface area (Å²) in [6, 6.07) is 26.2. The second-order valence-corrected chi connectivity index (χ2v) is 9.71. The molecule has 1 aliphatic rings. The van der Waals surface area contributed by atoms with Crippen molar-refractivity contribution in [2.24, 2.45) is 0 Å². The summed E-state index contributed by atoms with van der Waals surface area (Å²) in [7, 11) is 0. The Hall–Kier alpha value is -3.63. The molecular formula is C32H35NO3. The number of carbonyl (C=O) groups is 1. The number of para-hydroxylation sites is 2. The van der Waals surface area contributed by atoms with Gasteiger partial charge in [-0.05, 0) is 57.5 Å². The fraction of sp³-hybridized carbons (Fsp3) is 0.281. The number of likely N-dealkylation sites (tertiary alicyclic amines) is 1. The number of piperidine rings is 1. The standard InChI is InChI=1S/C32H35NO3/c1-23(2)35-30-16-10-8-14-26(30)18-28-21-33(20-25-12-6-5-7-13-25)22-29(32(28)34)19-27-15-9-11-17-31(27)36-24(3)4/h5-19,23-24H,20-22H2,1-4H3/b28-18+,29-19+. The fourth-order valence-electron chi connectivity index (χ4n) is 4.36. The zero-order valence-electron chi connectivity index (χ0n) is 21.6. The van der Waals surface area contributed by atoms with Gasteiger partial charge >= 0.3 is 0 Å². The first-order valence-electron chi connectivity index (χ1n) is 12.6. The Labute approximate surface area is 214 Å². The highest BCUT2D eigenvalue weighted by atomic mass is 16.5. The largest absolute Gasteiger partial charge is 0.490 e. The normalized spacial score (nSPS) is 16.8. The van der Waals surface area contributed by atoms with Gasteiger partial charge in [-0.1, -0.05) is 66.7 Å². The van der Waals surface area contributed by atoms with Gasteiger partial charge in [-0.2, -0.15) is 0 Å². The van der Waals surface area contributed by atoms with Crippen LogP contribution in [0.3, 0.4) is 0 Å². The van der Waals surface area contributed by atoms with E-state index >= 15 is 0 Å². The lowest BCUT2D eigenvalue weighted by Crippen LogP contribution is -2.37. The predicted molar refractivity (Wildman–Crippen MR) is 147 cm³/mol. The Bertz CT molecular complexity index is 1170. The van der Waals surface area contributed by atoms with Crippen molar-refractivity contribution in [2.75, 3.05) is 13.1 Å². The Balaban J connectivity index is 1.73. The van der Waals surface area contributed by atoms with Crippen molar-refractivity contribution < 1.29 is 14.3 Å². The van der Waals surface area contributed by atoms with Crippen LogP contribution in [0.4, 0.5) is 0 Å². The van der Waals surface area contributed by atoms with E-state index in [1.807, 2.05) is 94.4 Å². The minimum Gasteiger partial charge on any atom is -0.490 e. The summed E-state index contributed by atoms with van der Waals surface area (Å²) in [5.41, 5.74) is 4.56. The zero-order chi connectivity index (χ0) is 25.5. The van der Waals surface area contributed by atoms with Gasteiger partial charge in [-0.15, -0.1) is 0 Å². The van der Waals surface area contributed by atoms with Crippen LogP contribution in [-0.2, 0) is 11.3 Å². The van der Waals surface area contributed by atoms with Crippen molar-refractivity contribution in [1.82, 2.24) is 4.90 Å². The van der Waals surface area contributed by atoms with Gasteiger partial charge in [0.25, 0.3) is 0 Å². The average molecular weight is 482 g/mol. The number of Topliss-reactive ketones (excluding diaryl/α,β-unsaturated/α-hetero) is 1. The Morgan fingerprint density at radius 3 is 1.61 bits per heavy atom. The molecular weight excluding hydrogens is 446 g/mol. The first kappa shape index (κ1) is 25.5. The third-order valence-corrected chi connectivity index (χ3v) is 5.84. The zero-order valence-corrected chi connectivity index (χ0v) is 21.6. The molecule has 0 unspecified atom stereocenters. The molecule has 1 fully saturated rings. The van der Waals surface area contributed by atoms with Gasteiger partial charge in [0.1, 0.15) is 11.5 Å². The van der Waals surface area contributed by atoms with Crippen molar-refractivity contribution in [1.29, 1.82) is 0 Å². The summed E-state index contributed by atoms with van der Waals surface area (Å²) in [6.07, 6.45) is 4.08. The molecule has 36 heavy (non-hydrogen) atoms. The number of carbonyl (C=O) groups excluding carboxylic acids is 1. The van der Waals surface area contributed by atoms with Crippen LogP contribution in [0, 0.1) is 0 Å². The molecule has 186 valence electrons. The highest BCUT2D eigenvalue weighted by molar-refractivity contribution is 6.14. The number of benzene rings is 3. The van der Waals surface area contributed by atoms with Crippen LogP contribution in [0.15, 0.2) is 90.0 Å². The Morgan fingerprint density at radius 2 is 1.14 bits per heavy atom. The van der Waals surface area contributed by atoms with E-state index in [9.17, 15) is 4.79 Å². The molecule has 0 radical (unpaired) electrons. The third kappa shape index (κ3) is 6.73. The summed E-state index contributed by atoms with van der Waals surface area (Å²) in [4.78, 5) is 16.1. The van der Waals surface area contributed by atoms with Gasteiger partial charge in [-0.25, -0.2) is 0 Å². The summed E-state index contributed by atoms with van der Waals surface area (Å²) in [5.74, 6) is 1.64. The molecule has 0 amide bonds. The number of hydrogen-bond donors (Lipinski definition) is 0. The highest BCUT2D eigenvalue weighted by Gasteiger charge is 2.27. The van der Waals surface area contributed by atoms with Crippen LogP contribution in [0.5, 0.6) is 11.5 Å². The second kappa shape index (κ2) is 11.9. The summed E-state index contributed by atoms with van der Waals surface area (Å²) in [5, 5.41) is 0. The van der Waals surface area contributed by atoms with Gasteiger partial charge in [0.15, 0.2) is 5.78 Å². The van der Waals surface area contributed by atoms with Gasteiger partial charge < -0.3 is 9.47 Å². The van der Waals surface area contributed by atoms with Crippen molar-refractivity contribution in [3.63, 3.8) is 0 Å². The van der Waals surface area contributed by atoms with Crippen molar-refractivity contribution in [3.8, 4) is 11.5 Å². The molecule has 3 aromatic rings. The van der Waals surface area contributed by atoms with Gasteiger partial charge in [0.05, 0.1) is 12.2 Å². The fourth-order valence-corrected chi connectivity index (χ4v) is 4.36. The van der Waals surface area contributed by atoms with E-state index in [1.54, 1.807) is 0 Å². The van der Waals surface area contributed by atoms with Gasteiger partial charge in [-0.3, -0.25) is 9.69 Å². The van der Waals surface area contributed by atoms with Crippen LogP contribution in [0.25, 0.3) is 12.2 Å². The molecule has 0 aliphatic carbocycles. The molecule has 1 saturated heterocycles. The molecule has 1 heterocycles. The molecule has 4 heteroatoms. The average Bonchev–Trinajstić information content (AvgIpc) is 2.84. The minimum atomic E-state index is 0.0501. The topological polar surface area (TPSA) is 38.8 Å². The molecule has 4 rings (SSSR count). The highest BCUT2D eigenvalue weighted by Crippen LogP contribution is 2.29. The summed E-state index contributed by atoms with van der Waals surface area (Å²) >= 11 is 0. The van der Waals surface area contributed by atoms with E-state index in [-0.39, 0.29) is 18.0 Å². The molecule has 0 N–H and O–H groups in total. The number of ketones is 1. The molecule has 1 aliphatic heterocycles. The Morgan fingerprint density at radius 1 is 0.694 bits per heavy atom. The van der Waals surface area contributed by atoms with Crippen molar-refractivity contribution in [2.45, 2.75) is 46.4 Å². The van der Waals surface area contributed by atoms with Crippen LogP contribution >= 0.6 is 0 Å². The molecule has 4 nitrogen and oxygen atoms in total. The van der Waals surface area contributed by atoms with Gasteiger partial charge in [0, 0.05) is 41.9 Å². The Kier molecular flexibility index (Phi) is 8.40. The number of rotatable bonds is 8. The summed E-state index contributed by atoms with van der Waals surface area (Å²) in [6.45, 7) is 9.95. The first-order chi connectivity index (χ1) is 17.4. The number of ether oxygens (including phenoxy) is 2. The lowest BCUT2D eigenvalue weighted by atomic mass is 9.93. The maximum Gasteiger partial charge on any atom is 0.187 e. The third-order valence-electron chi connectivity index (χ3n) is 5.84. The second-order valence-electron chi connectivity index (χ2n) is 9.71. The lowest BCUT2D eigenvalue weighted by molar-refractivity contribution is -0.113. The SMILES string of the molecule is CC(C)Oc1ccccc1/C=C1\CN(Cc2ccccc2)C/C(=C\c2ccccc2OC(C)C)C1=O. The van der Waals surface area contributed by atoms with Crippen LogP contribution in [0.1, 0.15) is 44.4 Å². The number of nitrogens with zero attached hydrogens (tertiary/aromatic N) is 1. The maximum atomic E-state index is 13.8. The molecule has 0 atom stereocenters. The summed E-state index contributed by atoms with van der Waals surface area (Å²) < 4.78 is 12.0. The smallest absolute Gasteiger partial charge is 0.187 e. The molecule has 0 saturated carbocycles. The van der Waals surface area contributed by atoms with E-state index in [1.165, 1.54) is 5.56 Å². The van der Waals surface area contributed by atoms with E-state index in [0.717, 1.165) is 40.3 Å². The van der Waals surface area contributed by atoms with Crippen LogP contribution in [-0.4, -0.2) is 36.0 Å². The van der Waals surface area contributed by atoms with Crippen molar-refractivity contribution >= 4 is 17.9 Å². The molecule has 0 bridgehead atoms. The minimum absolute atomic E-state index is 0.0501. The van der Waals surface area contributed by atoms with Crippen LogP contribution < -0.4 is 9.47 Å². The van der Waals surface area contributed by atoms with E-state index in [0.29, 0.717) is 13.1 Å². The predicted octanol–water partition coefficient (Wildman–Crippen LogP) is 6.81. The quantitative estimate of drug-likeness (QED) is 0.331.